The molecule has 0 aliphatic carbocycles. The van der Waals surface area contributed by atoms with Crippen molar-refractivity contribution in [1.82, 2.24) is 34.4 Å². The first-order valence-corrected chi connectivity index (χ1v) is 16.0. The Morgan fingerprint density at radius 2 is 1.83 bits per heavy atom. The lowest BCUT2D eigenvalue weighted by Crippen LogP contribution is -2.37. The van der Waals surface area contributed by atoms with Crippen LogP contribution in [0.25, 0.3) is 28.0 Å². The van der Waals surface area contributed by atoms with E-state index in [4.69, 9.17) is 4.74 Å². The molecule has 0 saturated carbocycles. The van der Waals surface area contributed by atoms with Crippen molar-refractivity contribution in [3.63, 3.8) is 0 Å². The van der Waals surface area contributed by atoms with Crippen molar-refractivity contribution in [2.45, 2.75) is 39.7 Å². The van der Waals surface area contributed by atoms with Gasteiger partial charge in [0.2, 0.25) is 0 Å². The fraction of sp³-hybridized carbons (Fsp3) is 0.371. The lowest BCUT2D eigenvalue weighted by atomic mass is 9.97. The second kappa shape index (κ2) is 14.0. The van der Waals surface area contributed by atoms with E-state index in [0.717, 1.165) is 37.2 Å². The molecule has 0 unspecified atom stereocenters. The number of rotatable bonds is 11. The van der Waals surface area contributed by atoms with Crippen molar-refractivity contribution in [2.24, 2.45) is 5.92 Å². The number of likely N-dealkylation sites (tertiary alicyclic amines) is 1. The van der Waals surface area contributed by atoms with Crippen molar-refractivity contribution in [3.8, 4) is 22.4 Å². The summed E-state index contributed by atoms with van der Waals surface area (Å²) >= 11 is 0. The van der Waals surface area contributed by atoms with Gasteiger partial charge >= 0.3 is 0 Å². The maximum Gasteiger partial charge on any atom is 0.251 e. The molecule has 3 aromatic heterocycles. The van der Waals surface area contributed by atoms with E-state index < -0.39 is 11.6 Å². The number of aromatic nitrogens is 5. The molecule has 2 aromatic carbocycles. The molecule has 1 amide bonds. The lowest BCUT2D eigenvalue weighted by molar-refractivity contribution is 0.0938. The van der Waals surface area contributed by atoms with Crippen molar-refractivity contribution in [2.75, 3.05) is 45.7 Å². The zero-order valence-electron chi connectivity index (χ0n) is 27.2. The first kappa shape index (κ1) is 32.3. The van der Waals surface area contributed by atoms with Gasteiger partial charge in [0.15, 0.2) is 23.1 Å². The zero-order valence-corrected chi connectivity index (χ0v) is 27.2. The van der Waals surface area contributed by atoms with Crippen molar-refractivity contribution >= 4 is 23.1 Å². The highest BCUT2D eigenvalue weighted by molar-refractivity contribution is 5.96. The number of amides is 1. The van der Waals surface area contributed by atoms with Crippen LogP contribution in [-0.4, -0.2) is 75.4 Å². The van der Waals surface area contributed by atoms with E-state index in [9.17, 15) is 4.79 Å². The molecule has 2 N–H and O–H groups in total. The van der Waals surface area contributed by atoms with E-state index in [1.165, 1.54) is 6.20 Å². The van der Waals surface area contributed by atoms with Gasteiger partial charge in [-0.2, -0.15) is 5.10 Å². The molecule has 0 atom stereocenters. The van der Waals surface area contributed by atoms with Crippen LogP contribution in [0.3, 0.4) is 0 Å². The number of carbonyl (C=O) groups is 1. The van der Waals surface area contributed by atoms with Crippen LogP contribution in [0, 0.1) is 24.5 Å². The van der Waals surface area contributed by atoms with Crippen molar-refractivity contribution < 1.29 is 18.3 Å². The lowest BCUT2D eigenvalue weighted by Gasteiger charge is -2.29. The van der Waals surface area contributed by atoms with Crippen molar-refractivity contribution in [3.05, 3.63) is 83.6 Å². The largest absolute Gasteiger partial charge is 0.383 e. The predicted octanol–water partition coefficient (Wildman–Crippen LogP) is 5.87. The third-order valence-electron chi connectivity index (χ3n) is 8.93. The van der Waals surface area contributed by atoms with Crippen LogP contribution in [-0.2, 0) is 17.7 Å². The quantitative estimate of drug-likeness (QED) is 0.186. The van der Waals surface area contributed by atoms with Gasteiger partial charge in [-0.25, -0.2) is 18.7 Å². The molecule has 0 spiro atoms. The Labute approximate surface area is 272 Å². The number of imidazole rings is 1. The summed E-state index contributed by atoms with van der Waals surface area (Å²) in [7, 11) is 3.73. The van der Waals surface area contributed by atoms with Gasteiger partial charge < -0.3 is 20.3 Å². The van der Waals surface area contributed by atoms with E-state index in [1.807, 2.05) is 25.1 Å². The van der Waals surface area contributed by atoms with Crippen LogP contribution in [0.4, 0.5) is 20.3 Å². The summed E-state index contributed by atoms with van der Waals surface area (Å²) < 4.78 is 39.6. The number of benzene rings is 2. The van der Waals surface area contributed by atoms with Crippen LogP contribution in [0.15, 0.2) is 55.1 Å². The standard InChI is InChI=1S/C35H40F2N8O2/c1-5-24-18-25(6-7-26(24)35(46)40-19-23-10-13-43(3)14-11-23)41-33-34-39-20-30(45(34)15-12-38-33)28-9-8-27(31(36)32(28)37)29-21-44(16-17-47-4)42-22(29)2/h6-9,12,15,18,20-21,23H,5,10-11,13-14,16-17,19H2,1-4H3,(H,38,41)(H,40,46). The second-order valence-corrected chi connectivity index (χ2v) is 12.1. The highest BCUT2D eigenvalue weighted by atomic mass is 19.2. The summed E-state index contributed by atoms with van der Waals surface area (Å²) in [6.07, 6.45) is 9.28. The number of piperidine rings is 1. The monoisotopic (exact) mass is 642 g/mol. The fourth-order valence-electron chi connectivity index (χ4n) is 6.16. The summed E-state index contributed by atoms with van der Waals surface area (Å²) in [5.41, 5.74) is 4.44. The minimum absolute atomic E-state index is 0.0687. The molecule has 10 nitrogen and oxygen atoms in total. The summed E-state index contributed by atoms with van der Waals surface area (Å²) in [6, 6.07) is 8.72. The number of fused-ring (bicyclic) bond motifs is 1. The molecule has 1 aliphatic rings. The molecule has 4 heterocycles. The highest BCUT2D eigenvalue weighted by Gasteiger charge is 2.22. The average Bonchev–Trinajstić information content (AvgIpc) is 3.68. The van der Waals surface area contributed by atoms with Crippen LogP contribution in [0.2, 0.25) is 0 Å². The number of hydrogen-bond donors (Lipinski definition) is 2. The minimum atomic E-state index is -0.975. The predicted molar refractivity (Wildman–Crippen MR) is 178 cm³/mol. The number of methoxy groups -OCH3 is 1. The molecule has 246 valence electrons. The number of nitrogens with one attached hydrogen (secondary N) is 2. The molecule has 1 fully saturated rings. The highest BCUT2D eigenvalue weighted by Crippen LogP contribution is 2.34. The third-order valence-corrected chi connectivity index (χ3v) is 8.93. The van der Waals surface area contributed by atoms with Crippen LogP contribution >= 0.6 is 0 Å². The van der Waals surface area contributed by atoms with E-state index in [0.29, 0.717) is 66.0 Å². The maximum absolute atomic E-state index is 15.7. The third kappa shape index (κ3) is 6.75. The fourth-order valence-corrected chi connectivity index (χ4v) is 6.16. The van der Waals surface area contributed by atoms with Crippen molar-refractivity contribution in [1.29, 1.82) is 0 Å². The number of ether oxygens (including phenoxy) is 1. The topological polar surface area (TPSA) is 102 Å². The number of nitrogens with zero attached hydrogens (tertiary/aromatic N) is 6. The van der Waals surface area contributed by atoms with E-state index in [1.54, 1.807) is 53.8 Å². The Balaban J connectivity index is 1.22. The van der Waals surface area contributed by atoms with Gasteiger partial charge in [-0.1, -0.05) is 13.0 Å². The first-order valence-electron chi connectivity index (χ1n) is 16.0. The number of anilines is 2. The van der Waals surface area contributed by atoms with Crippen LogP contribution < -0.4 is 10.6 Å². The Bertz CT molecular complexity index is 1890. The Morgan fingerprint density at radius 1 is 1.06 bits per heavy atom. The molecule has 0 radical (unpaired) electrons. The number of halogens is 2. The number of hydrogen-bond acceptors (Lipinski definition) is 7. The Kier molecular flexibility index (Phi) is 9.60. The van der Waals surface area contributed by atoms with Gasteiger partial charge in [0.1, 0.15) is 0 Å². The molecule has 1 saturated heterocycles. The van der Waals surface area contributed by atoms with Gasteiger partial charge in [-0.15, -0.1) is 0 Å². The van der Waals surface area contributed by atoms with Gasteiger partial charge in [0.05, 0.1) is 30.7 Å². The van der Waals surface area contributed by atoms with Crippen LogP contribution in [0.5, 0.6) is 0 Å². The van der Waals surface area contributed by atoms with Gasteiger partial charge in [0, 0.05) is 60.2 Å². The van der Waals surface area contributed by atoms with Crippen LogP contribution in [0.1, 0.15) is 41.4 Å². The first-order chi connectivity index (χ1) is 22.8. The summed E-state index contributed by atoms with van der Waals surface area (Å²) in [5.74, 6) is -1.06. The SMILES string of the molecule is CCc1cc(Nc2nccn3c(-c4ccc(-c5cn(CCOC)nc5C)c(F)c4F)cnc23)ccc1C(=O)NCC1CCN(C)CC1. The molecule has 1 aliphatic heterocycles. The molecule has 5 aromatic rings. The van der Waals surface area contributed by atoms with E-state index in [-0.39, 0.29) is 17.0 Å². The second-order valence-electron chi connectivity index (χ2n) is 12.1. The summed E-state index contributed by atoms with van der Waals surface area (Å²) in [6.45, 7) is 7.53. The molecule has 47 heavy (non-hydrogen) atoms. The maximum atomic E-state index is 15.7. The molecule has 12 heteroatoms. The minimum Gasteiger partial charge on any atom is -0.383 e. The molecular weight excluding hydrogens is 602 g/mol. The molecule has 6 rings (SSSR count). The normalized spacial score (nSPS) is 14.2. The molecular formula is C35H40F2N8O2. The van der Waals surface area contributed by atoms with E-state index >= 15 is 8.78 Å². The number of carbonyl (C=O) groups excluding carboxylic acids is 1. The Hall–Kier alpha value is -4.68. The average molecular weight is 643 g/mol. The summed E-state index contributed by atoms with van der Waals surface area (Å²) in [4.78, 5) is 24.4. The van der Waals surface area contributed by atoms with Gasteiger partial charge in [0.25, 0.3) is 5.91 Å². The smallest absolute Gasteiger partial charge is 0.251 e. The number of aryl methyl sites for hydroxylation is 2. The Morgan fingerprint density at radius 3 is 2.60 bits per heavy atom. The summed E-state index contributed by atoms with van der Waals surface area (Å²) in [5, 5.41) is 10.8. The van der Waals surface area contributed by atoms with Gasteiger partial charge in [-0.3, -0.25) is 13.9 Å². The molecule has 0 bridgehead atoms. The van der Waals surface area contributed by atoms with E-state index in [2.05, 4.69) is 37.6 Å². The van der Waals surface area contributed by atoms with Gasteiger partial charge in [-0.05, 0) is 82.1 Å². The zero-order chi connectivity index (χ0) is 33.1.